The van der Waals surface area contributed by atoms with Crippen LogP contribution in [-0.2, 0) is 12.8 Å². The van der Waals surface area contributed by atoms with E-state index in [-0.39, 0.29) is 11.9 Å². The number of fused-ring (bicyclic) bond motifs is 1. The predicted molar refractivity (Wildman–Crippen MR) is 98.9 cm³/mol. The van der Waals surface area contributed by atoms with E-state index < -0.39 is 0 Å². The van der Waals surface area contributed by atoms with Gasteiger partial charge in [-0.2, -0.15) is 0 Å². The molecule has 2 atom stereocenters. The largest absolute Gasteiger partial charge is 0.350 e. The number of aryl methyl sites for hydroxylation is 1. The van der Waals surface area contributed by atoms with Crippen molar-refractivity contribution >= 4 is 5.91 Å². The van der Waals surface area contributed by atoms with Crippen molar-refractivity contribution in [2.45, 2.75) is 59.4 Å². The summed E-state index contributed by atoms with van der Waals surface area (Å²) in [4.78, 5) is 12.2. The number of carbonyl (C=O) groups is 1. The van der Waals surface area contributed by atoms with Gasteiger partial charge >= 0.3 is 0 Å². The smallest absolute Gasteiger partial charge is 0.251 e. The highest BCUT2D eigenvalue weighted by Crippen LogP contribution is 2.30. The van der Waals surface area contributed by atoms with Gasteiger partial charge in [0.05, 0.1) is 0 Å². The molecule has 1 heterocycles. The molecule has 1 amide bonds. The lowest BCUT2D eigenvalue weighted by molar-refractivity contribution is 0.0939. The Morgan fingerprint density at radius 1 is 1.33 bits per heavy atom. The van der Waals surface area contributed by atoms with Crippen molar-refractivity contribution in [3.05, 3.63) is 52.8 Å². The molecule has 0 saturated carbocycles. The molecule has 0 bridgehead atoms. The number of amides is 1. The maximum absolute atomic E-state index is 12.2. The summed E-state index contributed by atoms with van der Waals surface area (Å²) >= 11 is 0. The van der Waals surface area contributed by atoms with E-state index in [1.807, 2.05) is 19.1 Å². The highest BCUT2D eigenvalue weighted by molar-refractivity contribution is 5.94. The first-order chi connectivity index (χ1) is 11.5. The maximum Gasteiger partial charge on any atom is 0.251 e. The molecule has 0 unspecified atom stereocenters. The highest BCUT2D eigenvalue weighted by atomic mass is 16.1. The molecule has 0 saturated heterocycles. The highest BCUT2D eigenvalue weighted by Gasteiger charge is 2.21. The van der Waals surface area contributed by atoms with Crippen LogP contribution in [-0.4, -0.2) is 16.5 Å². The van der Waals surface area contributed by atoms with E-state index in [0.29, 0.717) is 0 Å². The molecule has 3 heteroatoms. The topological polar surface area (TPSA) is 34.0 Å². The predicted octanol–water partition coefficient (Wildman–Crippen LogP) is 4.44. The summed E-state index contributed by atoms with van der Waals surface area (Å²) in [5.41, 5.74) is 6.10. The quantitative estimate of drug-likeness (QED) is 0.886. The number of hydrogen-bond acceptors (Lipinski definition) is 1. The Morgan fingerprint density at radius 3 is 2.71 bits per heavy atom. The van der Waals surface area contributed by atoms with Crippen LogP contribution in [0.2, 0.25) is 0 Å². The number of carbonyl (C=O) groups excluding carboxylic acids is 1. The van der Waals surface area contributed by atoms with Crippen LogP contribution in [0.1, 0.15) is 60.9 Å². The monoisotopic (exact) mass is 324 g/mol. The Balaban J connectivity index is 1.86. The van der Waals surface area contributed by atoms with Crippen LogP contribution in [0.5, 0.6) is 0 Å². The van der Waals surface area contributed by atoms with Crippen LogP contribution in [0.25, 0.3) is 5.69 Å². The second-order valence-electron chi connectivity index (χ2n) is 7.27. The molecular formula is C21H28N2O. The van der Waals surface area contributed by atoms with E-state index >= 15 is 0 Å². The van der Waals surface area contributed by atoms with E-state index in [4.69, 9.17) is 0 Å². The molecule has 3 nitrogen and oxygen atoms in total. The molecule has 2 aromatic rings. The van der Waals surface area contributed by atoms with E-state index in [1.54, 1.807) is 0 Å². The first-order valence-corrected chi connectivity index (χ1v) is 9.11. The van der Waals surface area contributed by atoms with Crippen LogP contribution < -0.4 is 5.32 Å². The second kappa shape index (κ2) is 6.84. The van der Waals surface area contributed by atoms with Gasteiger partial charge in [0.1, 0.15) is 0 Å². The number of aromatic nitrogens is 1. The van der Waals surface area contributed by atoms with E-state index in [2.05, 4.69) is 48.9 Å². The van der Waals surface area contributed by atoms with Crippen LogP contribution in [0.15, 0.2) is 30.3 Å². The number of hydrogen-bond donors (Lipinski definition) is 1. The molecular weight excluding hydrogens is 296 g/mol. The van der Waals surface area contributed by atoms with Gasteiger partial charge in [0.25, 0.3) is 5.91 Å². The summed E-state index contributed by atoms with van der Waals surface area (Å²) in [6, 6.07) is 10.5. The molecule has 1 aromatic heterocycles. The lowest BCUT2D eigenvalue weighted by Crippen LogP contribution is -2.31. The molecule has 24 heavy (non-hydrogen) atoms. The first-order valence-electron chi connectivity index (χ1n) is 9.11. The van der Waals surface area contributed by atoms with Crippen molar-refractivity contribution < 1.29 is 4.79 Å². The fraction of sp³-hybridized carbons (Fsp3) is 0.476. The van der Waals surface area contributed by atoms with Crippen molar-refractivity contribution in [3.63, 3.8) is 0 Å². The van der Waals surface area contributed by atoms with Crippen LogP contribution in [0, 0.1) is 12.8 Å². The van der Waals surface area contributed by atoms with Crippen molar-refractivity contribution in [1.82, 2.24) is 9.88 Å². The van der Waals surface area contributed by atoms with E-state index in [9.17, 15) is 4.79 Å². The molecule has 1 aliphatic rings. The van der Waals surface area contributed by atoms with Gasteiger partial charge in [-0.15, -0.1) is 0 Å². The van der Waals surface area contributed by atoms with Crippen molar-refractivity contribution in [3.8, 4) is 5.69 Å². The van der Waals surface area contributed by atoms with Crippen LogP contribution >= 0.6 is 0 Å². The minimum Gasteiger partial charge on any atom is -0.350 e. The second-order valence-corrected chi connectivity index (χ2v) is 7.27. The normalized spacial score (nSPS) is 18.1. The minimum atomic E-state index is 0.0102. The molecule has 0 radical (unpaired) electrons. The Bertz CT molecular complexity index is 727. The van der Waals surface area contributed by atoms with E-state index in [1.165, 1.54) is 29.8 Å². The van der Waals surface area contributed by atoms with Gasteiger partial charge in [-0.1, -0.05) is 13.8 Å². The van der Waals surface area contributed by atoms with E-state index in [0.717, 1.165) is 30.0 Å². The van der Waals surface area contributed by atoms with Crippen LogP contribution in [0.4, 0.5) is 0 Å². The van der Waals surface area contributed by atoms with Gasteiger partial charge in [0.15, 0.2) is 0 Å². The van der Waals surface area contributed by atoms with Crippen molar-refractivity contribution in [1.29, 1.82) is 0 Å². The average molecular weight is 324 g/mol. The molecule has 1 aromatic carbocycles. The molecule has 1 aliphatic carbocycles. The third-order valence-electron chi connectivity index (χ3n) is 5.20. The summed E-state index contributed by atoms with van der Waals surface area (Å²) in [6.45, 7) is 8.61. The maximum atomic E-state index is 12.2. The van der Waals surface area contributed by atoms with Crippen molar-refractivity contribution in [2.75, 3.05) is 0 Å². The molecule has 1 N–H and O–H groups in total. The standard InChI is InChI=1S/C21H28N2O/c1-5-15(3)22-21(24)17-7-9-19(10-8-17)23-16(4)13-18-12-14(2)6-11-20(18)23/h7-10,13-15H,5-6,11-12H2,1-4H3,(H,22,24)/t14-,15+/m0/s1. The zero-order valence-electron chi connectivity index (χ0n) is 15.2. The van der Waals surface area contributed by atoms with Gasteiger partial charge in [0.2, 0.25) is 0 Å². The number of rotatable bonds is 4. The Morgan fingerprint density at radius 2 is 2.04 bits per heavy atom. The molecule has 0 aliphatic heterocycles. The van der Waals surface area contributed by atoms with Gasteiger partial charge in [-0.25, -0.2) is 0 Å². The number of benzene rings is 1. The fourth-order valence-corrected chi connectivity index (χ4v) is 3.60. The number of nitrogens with zero attached hydrogens (tertiary/aromatic N) is 1. The van der Waals surface area contributed by atoms with Gasteiger partial charge in [0, 0.05) is 28.7 Å². The van der Waals surface area contributed by atoms with Crippen LogP contribution in [0.3, 0.4) is 0 Å². The minimum absolute atomic E-state index is 0.0102. The lowest BCUT2D eigenvalue weighted by atomic mass is 9.89. The van der Waals surface area contributed by atoms with Gasteiger partial charge < -0.3 is 9.88 Å². The first kappa shape index (κ1) is 16.8. The summed E-state index contributed by atoms with van der Waals surface area (Å²) < 4.78 is 2.36. The lowest BCUT2D eigenvalue weighted by Gasteiger charge is -2.21. The summed E-state index contributed by atoms with van der Waals surface area (Å²) in [6.07, 6.45) is 4.52. The third kappa shape index (κ3) is 3.26. The molecule has 0 fully saturated rings. The molecule has 0 spiro atoms. The molecule has 3 rings (SSSR count). The van der Waals surface area contributed by atoms with Gasteiger partial charge in [-0.05, 0) is 81.3 Å². The molecule has 128 valence electrons. The number of nitrogens with one attached hydrogen (secondary N) is 1. The zero-order valence-corrected chi connectivity index (χ0v) is 15.2. The SMILES string of the molecule is CC[C@@H](C)NC(=O)c1ccc(-n2c(C)cc3c2CC[C@H](C)C3)cc1. The third-order valence-corrected chi connectivity index (χ3v) is 5.20. The van der Waals surface area contributed by atoms with Crippen molar-refractivity contribution in [2.24, 2.45) is 5.92 Å². The Labute approximate surface area is 145 Å². The summed E-state index contributed by atoms with van der Waals surface area (Å²) in [5, 5.41) is 3.02. The fourth-order valence-electron chi connectivity index (χ4n) is 3.60. The average Bonchev–Trinajstić information content (AvgIpc) is 2.89. The Hall–Kier alpha value is -2.03. The summed E-state index contributed by atoms with van der Waals surface area (Å²) in [5.74, 6) is 0.787. The Kier molecular flexibility index (Phi) is 4.79. The zero-order chi connectivity index (χ0) is 17.3. The van der Waals surface area contributed by atoms with Gasteiger partial charge in [-0.3, -0.25) is 4.79 Å². The summed E-state index contributed by atoms with van der Waals surface area (Å²) in [7, 11) is 0.